The average molecular weight is 519 g/mol. The Kier molecular flexibility index (Phi) is 5.87. The number of carbonyl (C=O) groups excluding carboxylic acids is 1. The lowest BCUT2D eigenvalue weighted by Gasteiger charge is -2.27. The topological polar surface area (TPSA) is 141 Å². The fourth-order valence-electron chi connectivity index (χ4n) is 4.29. The Labute approximate surface area is 214 Å². The highest BCUT2D eigenvalue weighted by Gasteiger charge is 2.27. The van der Waals surface area contributed by atoms with E-state index in [-0.39, 0.29) is 24.0 Å². The van der Waals surface area contributed by atoms with Crippen molar-refractivity contribution in [3.8, 4) is 11.6 Å². The molecule has 3 heterocycles. The Morgan fingerprint density at radius 2 is 1.92 bits per heavy atom. The van der Waals surface area contributed by atoms with Crippen LogP contribution in [0.3, 0.4) is 0 Å². The van der Waals surface area contributed by atoms with Gasteiger partial charge in [-0.05, 0) is 57.2 Å². The number of nitrogens with one attached hydrogen (secondary N) is 2. The number of anilines is 1. The number of pyridine rings is 1. The molecule has 0 unspecified atom stereocenters. The van der Waals surface area contributed by atoms with Crippen LogP contribution in [0.5, 0.6) is 5.75 Å². The second-order valence-electron chi connectivity index (χ2n) is 9.44. The number of amidine groups is 1. The second kappa shape index (κ2) is 8.93. The third-order valence-corrected chi connectivity index (χ3v) is 6.83. The summed E-state index contributed by atoms with van der Waals surface area (Å²) in [4.78, 5) is 17.7. The molecular weight excluding hydrogens is 492 g/mol. The lowest BCUT2D eigenvalue weighted by Crippen LogP contribution is -2.48. The Morgan fingerprint density at radius 3 is 2.73 bits per heavy atom. The Hall–Kier alpha value is -4.38. The van der Waals surface area contributed by atoms with Crippen LogP contribution in [0.1, 0.15) is 35.5 Å². The number of aromatic nitrogens is 2. The molecule has 0 saturated carbocycles. The van der Waals surface area contributed by atoms with Crippen LogP contribution in [0.15, 0.2) is 71.3 Å². The van der Waals surface area contributed by atoms with Gasteiger partial charge in [0.05, 0.1) is 22.3 Å². The van der Waals surface area contributed by atoms with Crippen molar-refractivity contribution >= 4 is 38.5 Å². The van der Waals surface area contributed by atoms with E-state index in [1.165, 1.54) is 0 Å². The molecule has 0 radical (unpaired) electrons. The third-order valence-electron chi connectivity index (χ3n) is 5.91. The molecular formula is C26H26N6O4S. The molecule has 1 aliphatic rings. The van der Waals surface area contributed by atoms with Crippen molar-refractivity contribution in [2.75, 3.05) is 11.3 Å². The summed E-state index contributed by atoms with van der Waals surface area (Å²) in [6, 6.07) is 18.4. The molecule has 4 N–H and O–H groups in total. The number of hydrogen-bond donors (Lipinski definition) is 3. The molecule has 4 aromatic rings. The Balaban J connectivity index is 1.33. The highest BCUT2D eigenvalue weighted by Crippen LogP contribution is 2.31. The number of nitrogens with zero attached hydrogens (tertiary/aromatic N) is 3. The van der Waals surface area contributed by atoms with Gasteiger partial charge in [-0.3, -0.25) is 14.1 Å². The summed E-state index contributed by atoms with van der Waals surface area (Å²) < 4.78 is 37.5. The molecule has 1 amide bonds. The van der Waals surface area contributed by atoms with Crippen molar-refractivity contribution in [1.29, 1.82) is 0 Å². The van der Waals surface area contributed by atoms with Crippen molar-refractivity contribution in [2.45, 2.75) is 26.3 Å². The quantitative estimate of drug-likeness (QED) is 0.358. The van der Waals surface area contributed by atoms with Crippen LogP contribution in [0, 0.1) is 6.92 Å². The van der Waals surface area contributed by atoms with Crippen molar-refractivity contribution in [2.24, 2.45) is 10.1 Å². The van der Waals surface area contributed by atoms with E-state index in [4.69, 9.17) is 10.5 Å². The number of carbonyl (C=O) groups is 1. The number of benzene rings is 2. The molecule has 1 aliphatic heterocycles. The van der Waals surface area contributed by atoms with Gasteiger partial charge >= 0.3 is 10.2 Å². The summed E-state index contributed by atoms with van der Waals surface area (Å²) in [5.74, 6) is 0.553. The molecule has 0 saturated heterocycles. The fraction of sp³-hybridized carbons (Fsp3) is 0.192. The molecule has 10 nitrogen and oxygen atoms in total. The Morgan fingerprint density at radius 1 is 1.14 bits per heavy atom. The summed E-state index contributed by atoms with van der Waals surface area (Å²) in [6.07, 6.45) is 1.61. The Bertz CT molecular complexity index is 1670. The van der Waals surface area contributed by atoms with Crippen molar-refractivity contribution in [1.82, 2.24) is 14.9 Å². The maximum Gasteiger partial charge on any atom is 0.344 e. The lowest BCUT2D eigenvalue weighted by molar-refractivity contribution is 0.0880. The second-order valence-corrected chi connectivity index (χ2v) is 10.8. The molecule has 11 heteroatoms. The summed E-state index contributed by atoms with van der Waals surface area (Å²) in [5.41, 5.74) is 8.23. The number of fused-ring (bicyclic) bond motifs is 2. The number of ether oxygens (including phenoxy) is 1. The first-order chi connectivity index (χ1) is 17.5. The molecule has 2 aromatic heterocycles. The maximum atomic E-state index is 13.2. The van der Waals surface area contributed by atoms with E-state index in [9.17, 15) is 13.2 Å². The minimum absolute atomic E-state index is 0.0918. The number of rotatable bonds is 6. The zero-order valence-corrected chi connectivity index (χ0v) is 21.3. The van der Waals surface area contributed by atoms with E-state index < -0.39 is 15.7 Å². The number of nitrogens with two attached hydrogens (primary N) is 1. The largest absolute Gasteiger partial charge is 0.490 e. The van der Waals surface area contributed by atoms with Gasteiger partial charge in [0.25, 0.3) is 5.91 Å². The standard InChI is InChI=1S/C26H26N6O4S/c1-16-13-17-7-4-5-9-20(17)32(16)22-14-18(11-12-28-22)25(33)29-26(2,3)15-36-21-10-6-8-19-23(21)24(27)31-37(34,35)30-19/h4-14,30H,15H2,1-3H3,(H2,27,31)(H,29,33). The molecule has 0 spiro atoms. The highest BCUT2D eigenvalue weighted by molar-refractivity contribution is 7.91. The summed E-state index contributed by atoms with van der Waals surface area (Å²) in [7, 11) is -3.89. The zero-order chi connectivity index (χ0) is 26.4. The molecule has 0 bridgehead atoms. The van der Waals surface area contributed by atoms with Crippen LogP contribution in [0.25, 0.3) is 16.7 Å². The van der Waals surface area contributed by atoms with Crippen LogP contribution in [0.4, 0.5) is 5.69 Å². The van der Waals surface area contributed by atoms with E-state index in [2.05, 4.69) is 25.5 Å². The van der Waals surface area contributed by atoms with Gasteiger partial charge in [0.15, 0.2) is 5.84 Å². The van der Waals surface area contributed by atoms with Gasteiger partial charge < -0.3 is 15.8 Å². The van der Waals surface area contributed by atoms with Gasteiger partial charge in [0, 0.05) is 22.8 Å². The van der Waals surface area contributed by atoms with Gasteiger partial charge in [-0.25, -0.2) is 4.98 Å². The first kappa shape index (κ1) is 24.3. The van der Waals surface area contributed by atoms with Gasteiger partial charge in [0.1, 0.15) is 18.2 Å². The highest BCUT2D eigenvalue weighted by atomic mass is 32.2. The molecule has 2 aromatic carbocycles. The first-order valence-corrected chi connectivity index (χ1v) is 13.0. The van der Waals surface area contributed by atoms with E-state index in [1.807, 2.05) is 49.6 Å². The van der Waals surface area contributed by atoms with Crippen molar-refractivity contribution in [3.05, 3.63) is 83.7 Å². The van der Waals surface area contributed by atoms with Gasteiger partial charge in [0.2, 0.25) is 0 Å². The fourth-order valence-corrected chi connectivity index (χ4v) is 5.13. The monoisotopic (exact) mass is 518 g/mol. The smallest absolute Gasteiger partial charge is 0.344 e. The van der Waals surface area contributed by atoms with E-state index in [1.54, 1.807) is 36.5 Å². The van der Waals surface area contributed by atoms with Crippen LogP contribution in [-0.2, 0) is 10.2 Å². The van der Waals surface area contributed by atoms with Crippen molar-refractivity contribution < 1.29 is 17.9 Å². The molecule has 190 valence electrons. The number of hydrogen-bond acceptors (Lipinski definition) is 6. The minimum atomic E-state index is -3.89. The van der Waals surface area contributed by atoms with Crippen LogP contribution < -0.4 is 20.5 Å². The van der Waals surface area contributed by atoms with Crippen molar-refractivity contribution in [3.63, 3.8) is 0 Å². The van der Waals surface area contributed by atoms with Crippen LogP contribution in [0.2, 0.25) is 0 Å². The van der Waals surface area contributed by atoms with E-state index in [0.29, 0.717) is 22.7 Å². The zero-order valence-electron chi connectivity index (χ0n) is 20.5. The molecule has 0 aliphatic carbocycles. The van der Waals surface area contributed by atoms with E-state index >= 15 is 0 Å². The predicted molar refractivity (Wildman–Crippen MR) is 143 cm³/mol. The average Bonchev–Trinajstić information content (AvgIpc) is 3.17. The maximum absolute atomic E-state index is 13.2. The number of aryl methyl sites for hydroxylation is 1. The molecule has 0 atom stereocenters. The number of amides is 1. The molecule has 5 rings (SSSR count). The predicted octanol–water partition coefficient (Wildman–Crippen LogP) is 3.30. The third kappa shape index (κ3) is 4.85. The van der Waals surface area contributed by atoms with Crippen LogP contribution >= 0.6 is 0 Å². The lowest BCUT2D eigenvalue weighted by atomic mass is 10.1. The SMILES string of the molecule is Cc1cc2ccccc2n1-c1cc(C(=O)NC(C)(C)COc2cccc3c2C(N)=NS(=O)(=O)N3)ccn1. The minimum Gasteiger partial charge on any atom is -0.490 e. The van der Waals surface area contributed by atoms with E-state index in [0.717, 1.165) is 16.6 Å². The normalized spacial score (nSPS) is 14.4. The van der Waals surface area contributed by atoms with Gasteiger partial charge in [-0.15, -0.1) is 4.40 Å². The number of para-hydroxylation sites is 1. The van der Waals surface area contributed by atoms with Gasteiger partial charge in [-0.2, -0.15) is 8.42 Å². The molecule has 0 fully saturated rings. The summed E-state index contributed by atoms with van der Waals surface area (Å²) >= 11 is 0. The summed E-state index contributed by atoms with van der Waals surface area (Å²) in [5, 5.41) is 4.09. The first-order valence-electron chi connectivity index (χ1n) is 11.5. The molecule has 37 heavy (non-hydrogen) atoms. The van der Waals surface area contributed by atoms with Crippen LogP contribution in [-0.4, -0.2) is 41.9 Å². The summed E-state index contributed by atoms with van der Waals surface area (Å²) in [6.45, 7) is 5.74. The van der Waals surface area contributed by atoms with Gasteiger partial charge in [-0.1, -0.05) is 24.3 Å².